The zero-order chi connectivity index (χ0) is 14.8. The van der Waals surface area contributed by atoms with Crippen LogP contribution in [0.4, 0.5) is 23.7 Å². The van der Waals surface area contributed by atoms with Crippen LogP contribution in [-0.2, 0) is 6.18 Å². The molecular weight excluding hydrogens is 273 g/mol. The minimum atomic E-state index is -4.73. The molecule has 0 saturated heterocycles. The second kappa shape index (κ2) is 5.16. The van der Waals surface area contributed by atoms with Gasteiger partial charge in [-0.1, -0.05) is 30.3 Å². The standard InChI is InChI=1S/C12H9F3N4O/c13-12(14,15)9-8(18-11(16)20)6-17-10(19-9)7-4-2-1-3-5-7/h1-6H,(H3,16,18,20). The van der Waals surface area contributed by atoms with Crippen molar-refractivity contribution in [2.45, 2.75) is 6.18 Å². The van der Waals surface area contributed by atoms with Crippen LogP contribution >= 0.6 is 0 Å². The molecule has 0 aliphatic heterocycles. The number of nitrogens with zero attached hydrogens (tertiary/aromatic N) is 2. The van der Waals surface area contributed by atoms with E-state index in [1.54, 1.807) is 30.3 Å². The summed E-state index contributed by atoms with van der Waals surface area (Å²) in [5, 5.41) is 1.85. The number of nitrogens with one attached hydrogen (secondary N) is 1. The van der Waals surface area contributed by atoms with E-state index in [4.69, 9.17) is 5.73 Å². The summed E-state index contributed by atoms with van der Waals surface area (Å²) in [4.78, 5) is 17.9. The van der Waals surface area contributed by atoms with Crippen LogP contribution in [0.2, 0.25) is 0 Å². The van der Waals surface area contributed by atoms with Gasteiger partial charge in [0.2, 0.25) is 0 Å². The maximum atomic E-state index is 12.9. The van der Waals surface area contributed by atoms with Crippen LogP contribution in [0.3, 0.4) is 0 Å². The molecule has 0 fully saturated rings. The Labute approximate surface area is 111 Å². The Hall–Kier alpha value is -2.64. The second-order valence-electron chi connectivity index (χ2n) is 3.81. The third-order valence-corrected chi connectivity index (χ3v) is 2.35. The molecule has 0 spiro atoms. The number of carbonyl (C=O) groups is 1. The highest BCUT2D eigenvalue weighted by atomic mass is 19.4. The summed E-state index contributed by atoms with van der Waals surface area (Å²) in [5.74, 6) is -0.0899. The van der Waals surface area contributed by atoms with E-state index >= 15 is 0 Å². The number of alkyl halides is 3. The molecule has 5 nitrogen and oxygen atoms in total. The molecule has 0 atom stereocenters. The van der Waals surface area contributed by atoms with Crippen molar-refractivity contribution < 1.29 is 18.0 Å². The van der Waals surface area contributed by atoms with Crippen molar-refractivity contribution in [1.82, 2.24) is 9.97 Å². The summed E-state index contributed by atoms with van der Waals surface area (Å²) >= 11 is 0. The van der Waals surface area contributed by atoms with Crippen molar-refractivity contribution in [2.75, 3.05) is 5.32 Å². The van der Waals surface area contributed by atoms with Crippen molar-refractivity contribution in [3.05, 3.63) is 42.2 Å². The van der Waals surface area contributed by atoms with E-state index in [0.29, 0.717) is 5.56 Å². The van der Waals surface area contributed by atoms with Crippen LogP contribution < -0.4 is 11.1 Å². The van der Waals surface area contributed by atoms with Gasteiger partial charge in [-0.25, -0.2) is 14.8 Å². The predicted octanol–water partition coefficient (Wildman–Crippen LogP) is 2.65. The zero-order valence-corrected chi connectivity index (χ0v) is 9.98. The van der Waals surface area contributed by atoms with Gasteiger partial charge in [0.1, 0.15) is 0 Å². The third kappa shape index (κ3) is 3.02. The van der Waals surface area contributed by atoms with Gasteiger partial charge < -0.3 is 11.1 Å². The van der Waals surface area contributed by atoms with E-state index in [1.165, 1.54) is 0 Å². The highest BCUT2D eigenvalue weighted by molar-refractivity contribution is 5.88. The Morgan fingerprint density at radius 3 is 2.40 bits per heavy atom. The average molecular weight is 282 g/mol. The van der Waals surface area contributed by atoms with E-state index in [2.05, 4.69) is 9.97 Å². The Kier molecular flexibility index (Phi) is 3.55. The van der Waals surface area contributed by atoms with Crippen molar-refractivity contribution in [1.29, 1.82) is 0 Å². The molecule has 1 heterocycles. The number of benzene rings is 1. The van der Waals surface area contributed by atoms with Gasteiger partial charge in [0, 0.05) is 5.56 Å². The fraction of sp³-hybridized carbons (Fsp3) is 0.0833. The van der Waals surface area contributed by atoms with Gasteiger partial charge in [-0.05, 0) is 0 Å². The highest BCUT2D eigenvalue weighted by Crippen LogP contribution is 2.34. The molecule has 0 aliphatic carbocycles. The van der Waals surface area contributed by atoms with Crippen LogP contribution in [0.5, 0.6) is 0 Å². The van der Waals surface area contributed by atoms with Gasteiger partial charge in [-0.2, -0.15) is 13.2 Å². The number of carbonyl (C=O) groups excluding carboxylic acids is 1. The molecule has 20 heavy (non-hydrogen) atoms. The van der Waals surface area contributed by atoms with Crippen molar-refractivity contribution in [3.63, 3.8) is 0 Å². The fourth-order valence-electron chi connectivity index (χ4n) is 1.55. The van der Waals surface area contributed by atoms with E-state index < -0.39 is 23.6 Å². The molecule has 0 saturated carbocycles. The molecule has 8 heteroatoms. The lowest BCUT2D eigenvalue weighted by Crippen LogP contribution is -2.23. The first-order chi connectivity index (χ1) is 9.38. The minimum absolute atomic E-state index is 0.0899. The molecular formula is C12H9F3N4O. The Bertz CT molecular complexity index is 628. The van der Waals surface area contributed by atoms with Crippen LogP contribution in [0.15, 0.2) is 36.5 Å². The maximum Gasteiger partial charge on any atom is 0.435 e. The number of hydrogen-bond donors (Lipinski definition) is 2. The van der Waals surface area contributed by atoms with E-state index in [1.807, 2.05) is 5.32 Å². The minimum Gasteiger partial charge on any atom is -0.351 e. The van der Waals surface area contributed by atoms with E-state index in [-0.39, 0.29) is 5.82 Å². The molecule has 1 aromatic carbocycles. The van der Waals surface area contributed by atoms with Crippen LogP contribution in [0, 0.1) is 0 Å². The number of aromatic nitrogens is 2. The second-order valence-corrected chi connectivity index (χ2v) is 3.81. The first kappa shape index (κ1) is 13.8. The smallest absolute Gasteiger partial charge is 0.351 e. The molecule has 2 amide bonds. The van der Waals surface area contributed by atoms with Crippen molar-refractivity contribution >= 4 is 11.7 Å². The van der Waals surface area contributed by atoms with Gasteiger partial charge in [-0.15, -0.1) is 0 Å². The number of hydrogen-bond acceptors (Lipinski definition) is 3. The fourth-order valence-corrected chi connectivity index (χ4v) is 1.55. The number of halogens is 3. The topological polar surface area (TPSA) is 80.9 Å². The number of nitrogens with two attached hydrogens (primary N) is 1. The van der Waals surface area contributed by atoms with Gasteiger partial charge in [0.05, 0.1) is 11.9 Å². The van der Waals surface area contributed by atoms with Crippen LogP contribution in [0.1, 0.15) is 5.69 Å². The van der Waals surface area contributed by atoms with E-state index in [0.717, 1.165) is 6.20 Å². The lowest BCUT2D eigenvalue weighted by Gasteiger charge is -2.12. The van der Waals surface area contributed by atoms with E-state index in [9.17, 15) is 18.0 Å². The Morgan fingerprint density at radius 1 is 1.20 bits per heavy atom. The highest BCUT2D eigenvalue weighted by Gasteiger charge is 2.36. The molecule has 2 rings (SSSR count). The SMILES string of the molecule is NC(=O)Nc1cnc(-c2ccccc2)nc1C(F)(F)F. The van der Waals surface area contributed by atoms with Gasteiger partial charge in [0.25, 0.3) is 0 Å². The summed E-state index contributed by atoms with van der Waals surface area (Å²) in [7, 11) is 0. The molecule has 0 radical (unpaired) electrons. The number of primary amides is 1. The molecule has 3 N–H and O–H groups in total. The largest absolute Gasteiger partial charge is 0.435 e. The number of rotatable bonds is 2. The lowest BCUT2D eigenvalue weighted by molar-refractivity contribution is -0.140. The quantitative estimate of drug-likeness (QED) is 0.888. The van der Waals surface area contributed by atoms with Crippen molar-refractivity contribution in [2.24, 2.45) is 5.73 Å². The van der Waals surface area contributed by atoms with Gasteiger partial charge in [0.15, 0.2) is 11.5 Å². The molecule has 0 bridgehead atoms. The summed E-state index contributed by atoms with van der Waals surface area (Å²) in [5.41, 5.74) is 3.42. The number of anilines is 1. The number of amides is 2. The lowest BCUT2D eigenvalue weighted by atomic mass is 10.2. The van der Waals surface area contributed by atoms with Crippen LogP contribution in [-0.4, -0.2) is 16.0 Å². The normalized spacial score (nSPS) is 11.2. The van der Waals surface area contributed by atoms with Crippen molar-refractivity contribution in [3.8, 4) is 11.4 Å². The molecule has 1 aromatic heterocycles. The molecule has 0 aliphatic rings. The maximum absolute atomic E-state index is 12.9. The summed E-state index contributed by atoms with van der Waals surface area (Å²) < 4.78 is 38.7. The van der Waals surface area contributed by atoms with Crippen LogP contribution in [0.25, 0.3) is 11.4 Å². The first-order valence-electron chi connectivity index (χ1n) is 5.44. The van der Waals surface area contributed by atoms with Gasteiger partial charge in [-0.3, -0.25) is 0 Å². The van der Waals surface area contributed by atoms with Gasteiger partial charge >= 0.3 is 12.2 Å². The summed E-state index contributed by atoms with van der Waals surface area (Å²) in [6.45, 7) is 0. The Morgan fingerprint density at radius 2 is 1.85 bits per heavy atom. The zero-order valence-electron chi connectivity index (χ0n) is 9.98. The summed E-state index contributed by atoms with van der Waals surface area (Å²) in [6.07, 6.45) is -3.85. The predicted molar refractivity (Wildman–Crippen MR) is 65.7 cm³/mol. The summed E-state index contributed by atoms with van der Waals surface area (Å²) in [6, 6.07) is 7.07. The Balaban J connectivity index is 2.52. The third-order valence-electron chi connectivity index (χ3n) is 2.35. The monoisotopic (exact) mass is 282 g/mol. The number of urea groups is 1. The molecule has 0 unspecified atom stereocenters. The molecule has 104 valence electrons. The molecule has 2 aromatic rings. The average Bonchev–Trinajstić information content (AvgIpc) is 2.38. The first-order valence-corrected chi connectivity index (χ1v) is 5.44.